The van der Waals surface area contributed by atoms with E-state index in [9.17, 15) is 4.79 Å². The maximum atomic E-state index is 13.0. The maximum absolute atomic E-state index is 13.0. The van der Waals surface area contributed by atoms with Crippen LogP contribution in [0.5, 0.6) is 11.5 Å². The first kappa shape index (κ1) is 18.9. The zero-order valence-corrected chi connectivity index (χ0v) is 16.6. The number of amides is 1. The largest absolute Gasteiger partial charge is 0.482 e. The number of carbonyl (C=O) groups excluding carboxylic acids is 1. The van der Waals surface area contributed by atoms with Gasteiger partial charge in [0.15, 0.2) is 17.3 Å². The van der Waals surface area contributed by atoms with Crippen LogP contribution in [0.25, 0.3) is 11.6 Å². The first-order valence-electron chi connectivity index (χ1n) is 9.85. The zero-order chi connectivity index (χ0) is 21.2. The Morgan fingerprint density at radius 1 is 1.00 bits per heavy atom. The lowest BCUT2D eigenvalue weighted by molar-refractivity contribution is -0.128. The second kappa shape index (κ2) is 7.98. The van der Waals surface area contributed by atoms with Gasteiger partial charge in [-0.15, -0.1) is 0 Å². The van der Waals surface area contributed by atoms with Crippen LogP contribution in [0.15, 0.2) is 75.9 Å². The van der Waals surface area contributed by atoms with Crippen LogP contribution in [0.2, 0.25) is 0 Å². The van der Waals surface area contributed by atoms with Gasteiger partial charge in [0.05, 0.1) is 12.7 Å². The van der Waals surface area contributed by atoms with Crippen molar-refractivity contribution in [3.8, 4) is 23.1 Å². The van der Waals surface area contributed by atoms with Crippen LogP contribution in [0.4, 0.5) is 5.69 Å². The molecule has 3 heterocycles. The minimum absolute atomic E-state index is 0.295. The van der Waals surface area contributed by atoms with Crippen LogP contribution in [-0.2, 0) is 11.2 Å². The second-order valence-corrected chi connectivity index (χ2v) is 7.12. The van der Waals surface area contributed by atoms with Gasteiger partial charge in [0, 0.05) is 5.69 Å². The standard InChI is InChI=1S/C23H19N3O5/c1-14-21(30-18-10-5-4-9-17(18)29-14)23(27)24-16-8-3-2-7-15(16)13-20-25-22(26-31-20)19-11-6-12-28-19/h2-12,14,21H,13H2,1H3,(H,24,27)/t14-,21-/m1/s1. The number of nitrogens with zero attached hydrogens (tertiary/aromatic N) is 2. The van der Waals surface area contributed by atoms with Crippen molar-refractivity contribution in [3.05, 3.63) is 78.4 Å². The number of benzene rings is 2. The highest BCUT2D eigenvalue weighted by Crippen LogP contribution is 2.34. The summed E-state index contributed by atoms with van der Waals surface area (Å²) >= 11 is 0. The van der Waals surface area contributed by atoms with Crippen molar-refractivity contribution >= 4 is 11.6 Å². The minimum Gasteiger partial charge on any atom is -0.482 e. The maximum Gasteiger partial charge on any atom is 0.269 e. The Bertz CT molecular complexity index is 1200. The average molecular weight is 417 g/mol. The van der Waals surface area contributed by atoms with E-state index < -0.39 is 12.2 Å². The molecule has 1 N–H and O–H groups in total. The number of hydrogen-bond acceptors (Lipinski definition) is 7. The molecular formula is C23H19N3O5. The van der Waals surface area contributed by atoms with E-state index in [4.69, 9.17) is 18.4 Å². The molecule has 0 fully saturated rings. The first-order valence-corrected chi connectivity index (χ1v) is 9.85. The Labute approximate surface area is 177 Å². The molecule has 1 amide bonds. The highest BCUT2D eigenvalue weighted by atomic mass is 16.6. The fourth-order valence-corrected chi connectivity index (χ4v) is 3.40. The van der Waals surface area contributed by atoms with Crippen molar-refractivity contribution in [1.29, 1.82) is 0 Å². The number of anilines is 1. The predicted octanol–water partition coefficient (Wildman–Crippen LogP) is 4.09. The van der Waals surface area contributed by atoms with Crippen molar-refractivity contribution in [2.75, 3.05) is 5.32 Å². The summed E-state index contributed by atoms with van der Waals surface area (Å²) in [4.78, 5) is 17.3. The molecular weight excluding hydrogens is 398 g/mol. The lowest BCUT2D eigenvalue weighted by Gasteiger charge is -2.31. The summed E-state index contributed by atoms with van der Waals surface area (Å²) in [5.74, 6) is 2.19. The van der Waals surface area contributed by atoms with Crippen molar-refractivity contribution in [3.63, 3.8) is 0 Å². The highest BCUT2D eigenvalue weighted by Gasteiger charge is 2.34. The summed E-state index contributed by atoms with van der Waals surface area (Å²) in [5, 5.41) is 6.89. The fourth-order valence-electron chi connectivity index (χ4n) is 3.40. The van der Waals surface area contributed by atoms with E-state index in [0.717, 1.165) is 5.56 Å². The molecule has 31 heavy (non-hydrogen) atoms. The number of nitrogens with one attached hydrogen (secondary N) is 1. The lowest BCUT2D eigenvalue weighted by Crippen LogP contribution is -2.46. The third-order valence-electron chi connectivity index (χ3n) is 4.93. The van der Waals surface area contributed by atoms with E-state index in [1.165, 1.54) is 0 Å². The summed E-state index contributed by atoms with van der Waals surface area (Å²) < 4.78 is 22.4. The molecule has 1 aliphatic heterocycles. The van der Waals surface area contributed by atoms with Gasteiger partial charge < -0.3 is 23.7 Å². The van der Waals surface area contributed by atoms with Gasteiger partial charge in [-0.05, 0) is 42.8 Å². The molecule has 0 unspecified atom stereocenters. The van der Waals surface area contributed by atoms with Gasteiger partial charge in [0.2, 0.25) is 17.8 Å². The van der Waals surface area contributed by atoms with Gasteiger partial charge in [-0.1, -0.05) is 35.5 Å². The van der Waals surface area contributed by atoms with Gasteiger partial charge in [-0.25, -0.2) is 0 Å². The van der Waals surface area contributed by atoms with Crippen LogP contribution < -0.4 is 14.8 Å². The van der Waals surface area contributed by atoms with Gasteiger partial charge in [-0.2, -0.15) is 4.98 Å². The number of carbonyl (C=O) groups is 1. The SMILES string of the molecule is C[C@H]1Oc2ccccc2O[C@H]1C(=O)Nc1ccccc1Cc1nc(-c2ccco2)no1. The molecule has 2 atom stereocenters. The van der Waals surface area contributed by atoms with E-state index >= 15 is 0 Å². The van der Waals surface area contributed by atoms with E-state index in [-0.39, 0.29) is 5.91 Å². The quantitative estimate of drug-likeness (QED) is 0.522. The third-order valence-corrected chi connectivity index (χ3v) is 4.93. The van der Waals surface area contributed by atoms with Crippen molar-refractivity contribution in [2.45, 2.75) is 25.6 Å². The normalized spacial score (nSPS) is 17.3. The fraction of sp³-hybridized carbons (Fsp3) is 0.174. The van der Waals surface area contributed by atoms with Gasteiger partial charge >= 0.3 is 0 Å². The summed E-state index contributed by atoms with van der Waals surface area (Å²) in [7, 11) is 0. The second-order valence-electron chi connectivity index (χ2n) is 7.12. The first-order chi connectivity index (χ1) is 15.2. The number of aromatic nitrogens is 2. The predicted molar refractivity (Wildman–Crippen MR) is 111 cm³/mol. The molecule has 2 aromatic heterocycles. The van der Waals surface area contributed by atoms with Crippen LogP contribution in [-0.4, -0.2) is 28.3 Å². The number of fused-ring (bicyclic) bond motifs is 1. The number of ether oxygens (including phenoxy) is 2. The zero-order valence-electron chi connectivity index (χ0n) is 16.6. The number of rotatable bonds is 5. The van der Waals surface area contributed by atoms with E-state index in [1.807, 2.05) is 42.5 Å². The van der Waals surface area contributed by atoms with E-state index in [0.29, 0.717) is 41.1 Å². The average Bonchev–Trinajstić information content (AvgIpc) is 3.46. The molecule has 0 radical (unpaired) electrons. The topological polar surface area (TPSA) is 99.6 Å². The van der Waals surface area contributed by atoms with Gasteiger partial charge in [-0.3, -0.25) is 4.79 Å². The third kappa shape index (κ3) is 3.87. The van der Waals surface area contributed by atoms with Crippen molar-refractivity contribution in [2.24, 2.45) is 0 Å². The highest BCUT2D eigenvalue weighted by molar-refractivity contribution is 5.95. The molecule has 8 heteroatoms. The van der Waals surface area contributed by atoms with Crippen LogP contribution >= 0.6 is 0 Å². The Morgan fingerprint density at radius 2 is 1.77 bits per heavy atom. The molecule has 0 spiro atoms. The molecule has 8 nitrogen and oxygen atoms in total. The molecule has 1 aliphatic rings. The van der Waals surface area contributed by atoms with Crippen LogP contribution in [0.3, 0.4) is 0 Å². The van der Waals surface area contributed by atoms with Gasteiger partial charge in [0.1, 0.15) is 6.10 Å². The molecule has 0 saturated heterocycles. The summed E-state index contributed by atoms with van der Waals surface area (Å²) in [5.41, 5.74) is 1.47. The Morgan fingerprint density at radius 3 is 2.58 bits per heavy atom. The number of furan rings is 1. The van der Waals surface area contributed by atoms with Crippen molar-refractivity contribution < 1.29 is 23.2 Å². The number of hydrogen-bond donors (Lipinski definition) is 1. The van der Waals surface area contributed by atoms with Crippen molar-refractivity contribution in [1.82, 2.24) is 10.1 Å². The van der Waals surface area contributed by atoms with Gasteiger partial charge in [0.25, 0.3) is 5.91 Å². The minimum atomic E-state index is -0.781. The molecule has 0 bridgehead atoms. The molecule has 2 aromatic carbocycles. The summed E-state index contributed by atoms with van der Waals surface area (Å²) in [6.07, 6.45) is 0.683. The van der Waals surface area contributed by atoms with E-state index in [1.54, 1.807) is 31.4 Å². The molecule has 0 aliphatic carbocycles. The monoisotopic (exact) mass is 417 g/mol. The van der Waals surface area contributed by atoms with Crippen LogP contribution in [0.1, 0.15) is 18.4 Å². The van der Waals surface area contributed by atoms with E-state index in [2.05, 4.69) is 15.5 Å². The summed E-state index contributed by atoms with van der Waals surface area (Å²) in [6.45, 7) is 1.81. The molecule has 156 valence electrons. The smallest absolute Gasteiger partial charge is 0.269 e. The Kier molecular flexibility index (Phi) is 4.87. The Hall–Kier alpha value is -4.07. The number of para-hydroxylation sites is 3. The molecule has 0 saturated carbocycles. The summed E-state index contributed by atoms with van der Waals surface area (Å²) in [6, 6.07) is 18.2. The van der Waals surface area contributed by atoms with Crippen LogP contribution in [0, 0.1) is 0 Å². The molecule has 5 rings (SSSR count). The Balaban J connectivity index is 1.32. The molecule has 4 aromatic rings. The lowest BCUT2D eigenvalue weighted by atomic mass is 10.1.